The highest BCUT2D eigenvalue weighted by atomic mass is 16.5. The van der Waals surface area contributed by atoms with E-state index in [1.807, 2.05) is 37.4 Å². The number of nitrogens with two attached hydrogens (primary N) is 1. The first-order valence-corrected chi connectivity index (χ1v) is 7.45. The number of aromatic nitrogens is 4. The van der Waals surface area contributed by atoms with Gasteiger partial charge >= 0.3 is 0 Å². The molecule has 0 amide bonds. The maximum Gasteiger partial charge on any atom is 0.222 e. The summed E-state index contributed by atoms with van der Waals surface area (Å²) < 4.78 is 7.24. The minimum atomic E-state index is 0.107. The molecule has 7 nitrogen and oxygen atoms in total. The van der Waals surface area contributed by atoms with E-state index in [1.54, 1.807) is 13.3 Å². The first-order valence-electron chi connectivity index (χ1n) is 7.45. The van der Waals surface area contributed by atoms with Gasteiger partial charge in [0.1, 0.15) is 5.52 Å². The van der Waals surface area contributed by atoms with Crippen LogP contribution in [0, 0.1) is 0 Å². The van der Waals surface area contributed by atoms with Gasteiger partial charge in [0, 0.05) is 25.5 Å². The molecule has 0 fully saturated rings. The molecule has 0 aliphatic rings. The van der Waals surface area contributed by atoms with Gasteiger partial charge in [-0.2, -0.15) is 4.98 Å². The average molecular weight is 312 g/mol. The number of nitrogens with one attached hydrogen (secondary N) is 1. The molecule has 0 aromatic carbocycles. The molecule has 1 atom stereocenters. The molecule has 0 aliphatic heterocycles. The molecule has 0 spiro atoms. The number of rotatable bonds is 6. The molecule has 0 bridgehead atoms. The third-order valence-corrected chi connectivity index (χ3v) is 3.49. The zero-order chi connectivity index (χ0) is 16.2. The minimum absolute atomic E-state index is 0.107. The van der Waals surface area contributed by atoms with Gasteiger partial charge in [-0.15, -0.1) is 0 Å². The number of hydrogen-bond donors (Lipinski definition) is 2. The number of nitrogens with zero attached hydrogens (tertiary/aromatic N) is 4. The predicted molar refractivity (Wildman–Crippen MR) is 90.2 cm³/mol. The molecular weight excluding hydrogens is 292 g/mol. The topological polar surface area (TPSA) is 90.9 Å². The van der Waals surface area contributed by atoms with Crippen LogP contribution in [0.1, 0.15) is 12.6 Å². The molecule has 0 saturated carbocycles. The van der Waals surface area contributed by atoms with Crippen LogP contribution >= 0.6 is 0 Å². The molecule has 120 valence electrons. The lowest BCUT2D eigenvalue weighted by Crippen LogP contribution is -2.22. The van der Waals surface area contributed by atoms with Crippen LogP contribution in [0.15, 0.2) is 36.7 Å². The largest absolute Gasteiger partial charge is 0.383 e. The first kappa shape index (κ1) is 15.2. The van der Waals surface area contributed by atoms with Crippen molar-refractivity contribution in [1.82, 2.24) is 19.5 Å². The molecule has 0 aliphatic carbocycles. The van der Waals surface area contributed by atoms with Crippen molar-refractivity contribution in [3.05, 3.63) is 42.4 Å². The molecule has 23 heavy (non-hydrogen) atoms. The molecule has 3 rings (SSSR count). The highest BCUT2D eigenvalue weighted by Crippen LogP contribution is 2.24. The number of fused-ring (bicyclic) bond motifs is 1. The van der Waals surface area contributed by atoms with Crippen molar-refractivity contribution in [2.45, 2.75) is 19.5 Å². The smallest absolute Gasteiger partial charge is 0.222 e. The summed E-state index contributed by atoms with van der Waals surface area (Å²) in [5, 5.41) is 3.34. The van der Waals surface area contributed by atoms with Gasteiger partial charge in [0.15, 0.2) is 5.82 Å². The van der Waals surface area contributed by atoms with Crippen LogP contribution in [0.25, 0.3) is 11.0 Å². The summed E-state index contributed by atoms with van der Waals surface area (Å²) in [4.78, 5) is 13.0. The van der Waals surface area contributed by atoms with Crippen molar-refractivity contribution < 1.29 is 4.74 Å². The monoisotopic (exact) mass is 312 g/mol. The van der Waals surface area contributed by atoms with E-state index < -0.39 is 0 Å². The number of methoxy groups -OCH3 is 1. The Balaban J connectivity index is 1.99. The van der Waals surface area contributed by atoms with Crippen LogP contribution in [-0.4, -0.2) is 39.3 Å². The third-order valence-electron chi connectivity index (χ3n) is 3.49. The maximum absolute atomic E-state index is 5.82. The maximum atomic E-state index is 5.82. The zero-order valence-corrected chi connectivity index (χ0v) is 13.2. The number of nitrogen functional groups attached to an aromatic ring is 1. The van der Waals surface area contributed by atoms with E-state index in [0.29, 0.717) is 19.0 Å². The summed E-state index contributed by atoms with van der Waals surface area (Å²) in [7, 11) is 1.67. The molecule has 7 heteroatoms. The highest BCUT2D eigenvalue weighted by molar-refractivity contribution is 5.87. The number of ether oxygens (including phenoxy) is 1. The molecule has 0 unspecified atom stereocenters. The van der Waals surface area contributed by atoms with E-state index in [0.717, 1.165) is 16.7 Å². The van der Waals surface area contributed by atoms with E-state index in [-0.39, 0.29) is 12.0 Å². The van der Waals surface area contributed by atoms with Gasteiger partial charge in [-0.3, -0.25) is 4.98 Å². The predicted octanol–water partition coefficient (Wildman–Crippen LogP) is 1.90. The Bertz CT molecular complexity index is 786. The summed E-state index contributed by atoms with van der Waals surface area (Å²) in [5.41, 5.74) is 8.51. The third kappa shape index (κ3) is 3.40. The lowest BCUT2D eigenvalue weighted by Gasteiger charge is -2.16. The number of anilines is 2. The molecule has 3 N–H and O–H groups in total. The highest BCUT2D eigenvalue weighted by Gasteiger charge is 2.14. The van der Waals surface area contributed by atoms with Crippen LogP contribution in [0.3, 0.4) is 0 Å². The van der Waals surface area contributed by atoms with Crippen LogP contribution in [0.4, 0.5) is 11.8 Å². The summed E-state index contributed by atoms with van der Waals surface area (Å²) in [6, 6.07) is 7.91. The lowest BCUT2D eigenvalue weighted by molar-refractivity contribution is 0.190. The van der Waals surface area contributed by atoms with Crippen LogP contribution in [0.2, 0.25) is 0 Å². The van der Waals surface area contributed by atoms with Gasteiger partial charge in [-0.25, -0.2) is 4.98 Å². The fourth-order valence-electron chi connectivity index (χ4n) is 2.55. The van der Waals surface area contributed by atoms with Crippen molar-refractivity contribution in [3.8, 4) is 0 Å². The summed E-state index contributed by atoms with van der Waals surface area (Å²) in [5.74, 6) is 0.957. The zero-order valence-electron chi connectivity index (χ0n) is 13.2. The van der Waals surface area contributed by atoms with E-state index in [2.05, 4.69) is 24.8 Å². The Hall–Kier alpha value is -2.67. The SMILES string of the molecule is COC[C@H](C)Nc1nc(N)nc2ccn(Cc3ccccn3)c12. The Morgan fingerprint density at radius 2 is 2.17 bits per heavy atom. The second kappa shape index (κ2) is 6.62. The molecular formula is C16H20N6O. The average Bonchev–Trinajstić information content (AvgIpc) is 2.91. The van der Waals surface area contributed by atoms with Crippen molar-refractivity contribution >= 4 is 22.8 Å². The Morgan fingerprint density at radius 3 is 2.91 bits per heavy atom. The van der Waals surface area contributed by atoms with Gasteiger partial charge in [-0.05, 0) is 25.1 Å². The Kier molecular flexibility index (Phi) is 4.38. The summed E-state index contributed by atoms with van der Waals surface area (Å²) in [6.07, 6.45) is 3.76. The molecule has 3 aromatic rings. The Labute approximate surface area is 134 Å². The van der Waals surface area contributed by atoms with Gasteiger partial charge in [0.05, 0.1) is 24.4 Å². The van der Waals surface area contributed by atoms with E-state index in [4.69, 9.17) is 10.5 Å². The summed E-state index contributed by atoms with van der Waals surface area (Å²) in [6.45, 7) is 3.25. The van der Waals surface area contributed by atoms with Crippen LogP contribution < -0.4 is 11.1 Å². The van der Waals surface area contributed by atoms with Crippen molar-refractivity contribution in [3.63, 3.8) is 0 Å². The van der Waals surface area contributed by atoms with Gasteiger partial charge < -0.3 is 20.4 Å². The van der Waals surface area contributed by atoms with E-state index >= 15 is 0 Å². The molecule has 3 heterocycles. The normalized spacial score (nSPS) is 12.4. The van der Waals surface area contributed by atoms with Crippen molar-refractivity contribution in [2.24, 2.45) is 0 Å². The summed E-state index contributed by atoms with van der Waals surface area (Å²) >= 11 is 0. The fourth-order valence-corrected chi connectivity index (χ4v) is 2.55. The van der Waals surface area contributed by atoms with Crippen LogP contribution in [0.5, 0.6) is 0 Å². The Morgan fingerprint density at radius 1 is 1.30 bits per heavy atom. The fraction of sp³-hybridized carbons (Fsp3) is 0.312. The van der Waals surface area contributed by atoms with E-state index in [1.165, 1.54) is 0 Å². The lowest BCUT2D eigenvalue weighted by atomic mass is 10.3. The molecule has 3 aromatic heterocycles. The van der Waals surface area contributed by atoms with Gasteiger partial charge in [0.2, 0.25) is 5.95 Å². The number of hydrogen-bond acceptors (Lipinski definition) is 6. The minimum Gasteiger partial charge on any atom is -0.383 e. The van der Waals surface area contributed by atoms with Crippen molar-refractivity contribution in [2.75, 3.05) is 24.8 Å². The number of pyridine rings is 1. The van der Waals surface area contributed by atoms with Crippen molar-refractivity contribution in [1.29, 1.82) is 0 Å². The first-order chi connectivity index (χ1) is 11.2. The molecule has 0 radical (unpaired) electrons. The quantitative estimate of drug-likeness (QED) is 0.722. The second-order valence-electron chi connectivity index (χ2n) is 5.43. The standard InChI is InChI=1S/C16H20N6O/c1-11(10-23-2)19-15-14-13(20-16(17)21-15)6-8-22(14)9-12-5-3-4-7-18-12/h3-8,11H,9-10H2,1-2H3,(H3,17,19,20,21)/t11-/m0/s1. The van der Waals surface area contributed by atoms with E-state index in [9.17, 15) is 0 Å². The van der Waals surface area contributed by atoms with Gasteiger partial charge in [-0.1, -0.05) is 6.07 Å². The van der Waals surface area contributed by atoms with Gasteiger partial charge in [0.25, 0.3) is 0 Å². The second-order valence-corrected chi connectivity index (χ2v) is 5.43. The molecule has 0 saturated heterocycles. The van der Waals surface area contributed by atoms with Crippen LogP contribution in [-0.2, 0) is 11.3 Å².